The Morgan fingerprint density at radius 2 is 2.40 bits per heavy atom. The lowest BCUT2D eigenvalue weighted by Crippen LogP contribution is -2.11. The van der Waals surface area contributed by atoms with E-state index in [9.17, 15) is 4.79 Å². The summed E-state index contributed by atoms with van der Waals surface area (Å²) < 4.78 is 0. The number of amides is 1. The van der Waals surface area contributed by atoms with E-state index in [1.54, 1.807) is 12.3 Å². The fraction of sp³-hybridized carbons (Fsp3) is 0. The minimum absolute atomic E-state index is 0.249. The number of pyridine rings is 1. The van der Waals surface area contributed by atoms with Gasteiger partial charge in [-0.3, -0.25) is 9.89 Å². The van der Waals surface area contributed by atoms with E-state index < -0.39 is 0 Å². The molecule has 2 N–H and O–H groups in total. The predicted molar refractivity (Wildman–Crippen MR) is 55.8 cm³/mol. The van der Waals surface area contributed by atoms with Crippen molar-refractivity contribution in [3.05, 3.63) is 41.4 Å². The first-order valence-corrected chi connectivity index (χ1v) is 4.55. The van der Waals surface area contributed by atoms with Crippen LogP contribution < -0.4 is 5.32 Å². The first-order valence-electron chi connectivity index (χ1n) is 4.17. The lowest BCUT2D eigenvalue weighted by Gasteiger charge is -2.01. The van der Waals surface area contributed by atoms with Gasteiger partial charge >= 0.3 is 0 Å². The molecule has 76 valence electrons. The molecule has 0 saturated heterocycles. The predicted octanol–water partition coefficient (Wildman–Crippen LogP) is 1.71. The van der Waals surface area contributed by atoms with Gasteiger partial charge in [0.05, 0.1) is 11.9 Å². The van der Waals surface area contributed by atoms with Crippen LogP contribution in [0.2, 0.25) is 5.15 Å². The lowest BCUT2D eigenvalue weighted by molar-refractivity contribution is 0.102. The Labute approximate surface area is 90.5 Å². The summed E-state index contributed by atoms with van der Waals surface area (Å²) in [5.41, 5.74) is 1.06. The minimum Gasteiger partial charge on any atom is -0.319 e. The van der Waals surface area contributed by atoms with Gasteiger partial charge in [0, 0.05) is 18.0 Å². The highest BCUT2D eigenvalue weighted by Crippen LogP contribution is 2.09. The molecule has 0 aliphatic rings. The molecule has 0 bridgehead atoms. The van der Waals surface area contributed by atoms with E-state index in [4.69, 9.17) is 11.6 Å². The number of aromatic amines is 1. The highest BCUT2D eigenvalue weighted by atomic mass is 35.5. The van der Waals surface area contributed by atoms with Crippen LogP contribution in [0.3, 0.4) is 0 Å². The number of aromatic nitrogens is 3. The molecule has 0 atom stereocenters. The molecule has 0 saturated carbocycles. The van der Waals surface area contributed by atoms with Gasteiger partial charge in [0.25, 0.3) is 5.91 Å². The average molecular weight is 223 g/mol. The van der Waals surface area contributed by atoms with Crippen LogP contribution in [0.1, 0.15) is 10.4 Å². The number of nitrogens with one attached hydrogen (secondary N) is 2. The molecular formula is C9H7ClN4O. The standard InChI is InChI=1S/C9H7ClN4O/c10-8-3-6(1-2-11-8)9(15)14-7-4-12-13-5-7/h1-5H,(H,12,13)(H,14,15). The molecule has 2 aromatic heterocycles. The normalized spacial score (nSPS) is 9.93. The Balaban J connectivity index is 2.15. The molecule has 6 heteroatoms. The van der Waals surface area contributed by atoms with Crippen molar-refractivity contribution in [2.75, 3.05) is 5.32 Å². The van der Waals surface area contributed by atoms with E-state index in [1.165, 1.54) is 18.5 Å². The van der Waals surface area contributed by atoms with Crippen molar-refractivity contribution in [3.63, 3.8) is 0 Å². The van der Waals surface area contributed by atoms with Crippen LogP contribution in [-0.2, 0) is 0 Å². The van der Waals surface area contributed by atoms with Crippen LogP contribution in [-0.4, -0.2) is 21.1 Å². The van der Waals surface area contributed by atoms with E-state index >= 15 is 0 Å². The summed E-state index contributed by atoms with van der Waals surface area (Å²) in [7, 11) is 0. The van der Waals surface area contributed by atoms with Gasteiger partial charge in [-0.1, -0.05) is 11.6 Å². The summed E-state index contributed by atoms with van der Waals surface area (Å²) in [4.78, 5) is 15.4. The summed E-state index contributed by atoms with van der Waals surface area (Å²) in [5.74, 6) is -0.249. The highest BCUT2D eigenvalue weighted by molar-refractivity contribution is 6.29. The van der Waals surface area contributed by atoms with Gasteiger partial charge in [0.2, 0.25) is 0 Å². The summed E-state index contributed by atoms with van der Waals surface area (Å²) in [6.07, 6.45) is 4.58. The van der Waals surface area contributed by atoms with Crippen LogP contribution in [0.25, 0.3) is 0 Å². The molecule has 0 spiro atoms. The molecule has 0 radical (unpaired) electrons. The molecular weight excluding hydrogens is 216 g/mol. The Hall–Kier alpha value is -1.88. The average Bonchev–Trinajstić information content (AvgIpc) is 2.70. The molecule has 2 heterocycles. The smallest absolute Gasteiger partial charge is 0.255 e. The van der Waals surface area contributed by atoms with E-state index in [0.29, 0.717) is 11.3 Å². The van der Waals surface area contributed by atoms with Crippen LogP contribution in [0, 0.1) is 0 Å². The van der Waals surface area contributed by atoms with Crippen LogP contribution >= 0.6 is 11.6 Å². The fourth-order valence-corrected chi connectivity index (χ4v) is 1.24. The zero-order valence-electron chi connectivity index (χ0n) is 7.57. The van der Waals surface area contributed by atoms with Gasteiger partial charge in [0.15, 0.2) is 0 Å². The minimum atomic E-state index is -0.249. The van der Waals surface area contributed by atoms with Gasteiger partial charge < -0.3 is 5.32 Å². The third-order valence-corrected chi connectivity index (χ3v) is 1.95. The van der Waals surface area contributed by atoms with Crippen LogP contribution in [0.4, 0.5) is 5.69 Å². The summed E-state index contributed by atoms with van der Waals surface area (Å²) >= 11 is 5.66. The first-order chi connectivity index (χ1) is 7.25. The second kappa shape index (κ2) is 4.10. The summed E-state index contributed by atoms with van der Waals surface area (Å²) in [5, 5.41) is 9.24. The molecule has 15 heavy (non-hydrogen) atoms. The number of hydrogen-bond acceptors (Lipinski definition) is 3. The molecule has 1 amide bonds. The van der Waals surface area contributed by atoms with Gasteiger partial charge in [-0.15, -0.1) is 0 Å². The van der Waals surface area contributed by atoms with Crippen LogP contribution in [0.15, 0.2) is 30.7 Å². The lowest BCUT2D eigenvalue weighted by atomic mass is 10.2. The number of carbonyl (C=O) groups is 1. The summed E-state index contributed by atoms with van der Waals surface area (Å²) in [6.45, 7) is 0. The largest absolute Gasteiger partial charge is 0.319 e. The monoisotopic (exact) mass is 222 g/mol. The van der Waals surface area contributed by atoms with Gasteiger partial charge in [-0.05, 0) is 12.1 Å². The topological polar surface area (TPSA) is 70.7 Å². The molecule has 0 fully saturated rings. The van der Waals surface area contributed by atoms with Crippen molar-refractivity contribution in [2.24, 2.45) is 0 Å². The van der Waals surface area contributed by atoms with E-state index in [-0.39, 0.29) is 11.1 Å². The van der Waals surface area contributed by atoms with E-state index in [2.05, 4.69) is 20.5 Å². The molecule has 0 aromatic carbocycles. The van der Waals surface area contributed by atoms with Crippen LogP contribution in [0.5, 0.6) is 0 Å². The second-order valence-electron chi connectivity index (χ2n) is 2.81. The van der Waals surface area contributed by atoms with Crippen molar-refractivity contribution in [1.29, 1.82) is 0 Å². The maximum absolute atomic E-state index is 11.6. The SMILES string of the molecule is O=C(Nc1cn[nH]c1)c1ccnc(Cl)c1. The third kappa shape index (κ3) is 2.32. The maximum Gasteiger partial charge on any atom is 0.255 e. The molecule has 0 unspecified atom stereocenters. The van der Waals surface area contributed by atoms with Crippen molar-refractivity contribution in [3.8, 4) is 0 Å². The second-order valence-corrected chi connectivity index (χ2v) is 3.20. The quantitative estimate of drug-likeness (QED) is 0.760. The van der Waals surface area contributed by atoms with Crippen molar-refractivity contribution < 1.29 is 4.79 Å². The number of carbonyl (C=O) groups excluding carboxylic acids is 1. The van der Waals surface area contributed by atoms with Gasteiger partial charge in [-0.2, -0.15) is 5.10 Å². The third-order valence-electron chi connectivity index (χ3n) is 1.74. The van der Waals surface area contributed by atoms with E-state index in [1.807, 2.05) is 0 Å². The molecule has 2 rings (SSSR count). The molecule has 0 aliphatic heterocycles. The van der Waals surface area contributed by atoms with Gasteiger partial charge in [-0.25, -0.2) is 4.98 Å². The van der Waals surface area contributed by atoms with Gasteiger partial charge in [0.1, 0.15) is 5.15 Å². The number of rotatable bonds is 2. The zero-order chi connectivity index (χ0) is 10.7. The van der Waals surface area contributed by atoms with Crippen molar-refractivity contribution in [2.45, 2.75) is 0 Å². The maximum atomic E-state index is 11.6. The Bertz CT molecular complexity index is 469. The molecule has 2 aromatic rings. The fourth-order valence-electron chi connectivity index (χ4n) is 1.07. The number of anilines is 1. The highest BCUT2D eigenvalue weighted by Gasteiger charge is 2.06. The molecule has 5 nitrogen and oxygen atoms in total. The number of hydrogen-bond donors (Lipinski definition) is 2. The number of halogens is 1. The first kappa shape index (κ1) is 9.67. The molecule has 0 aliphatic carbocycles. The number of nitrogens with zero attached hydrogens (tertiary/aromatic N) is 2. The van der Waals surface area contributed by atoms with Crippen molar-refractivity contribution >= 4 is 23.2 Å². The Morgan fingerprint density at radius 1 is 1.53 bits per heavy atom. The summed E-state index contributed by atoms with van der Waals surface area (Å²) in [6, 6.07) is 3.08. The van der Waals surface area contributed by atoms with E-state index in [0.717, 1.165) is 0 Å². The number of H-pyrrole nitrogens is 1. The Kier molecular flexibility index (Phi) is 2.64. The Morgan fingerprint density at radius 3 is 3.07 bits per heavy atom. The van der Waals surface area contributed by atoms with Crippen molar-refractivity contribution in [1.82, 2.24) is 15.2 Å². The zero-order valence-corrected chi connectivity index (χ0v) is 8.32.